The van der Waals surface area contributed by atoms with Crippen molar-refractivity contribution in [1.82, 2.24) is 0 Å². The van der Waals surface area contributed by atoms with E-state index in [4.69, 9.17) is 14.1 Å². The van der Waals surface area contributed by atoms with Gasteiger partial charge in [0.1, 0.15) is 17.8 Å². The molecule has 8 heteroatoms. The fourth-order valence-corrected chi connectivity index (χ4v) is 1.45. The molecule has 0 aromatic heterocycles. The van der Waals surface area contributed by atoms with Crippen molar-refractivity contribution in [3.05, 3.63) is 14.1 Å². The van der Waals surface area contributed by atoms with Gasteiger partial charge in [-0.05, 0) is 6.92 Å². The molecule has 0 rings (SSSR count). The molecular formula is C11H18CaN2O5+2. The van der Waals surface area contributed by atoms with Crippen molar-refractivity contribution < 1.29 is 33.9 Å². The summed E-state index contributed by atoms with van der Waals surface area (Å²) in [6.07, 6.45) is -0.388. The van der Waals surface area contributed by atoms with Crippen LogP contribution in [0.3, 0.4) is 0 Å². The molecule has 7 nitrogen and oxygen atoms in total. The van der Waals surface area contributed by atoms with Gasteiger partial charge in [0, 0.05) is 0 Å². The SMILES string of the molecule is [CH][N+](C)(C)C(=O)[N+]([CH])(C)C(CC(C)=O)C(=O)[O-].[Ca+2].[OH-]. The Balaban J connectivity index is -0.00000128. The summed E-state index contributed by atoms with van der Waals surface area (Å²) in [5, 5.41) is 11.0. The van der Waals surface area contributed by atoms with Crippen molar-refractivity contribution >= 4 is 55.5 Å². The number of hydrogen-bond acceptors (Lipinski definition) is 5. The van der Waals surface area contributed by atoms with Crippen LogP contribution in [0.15, 0.2) is 0 Å². The summed E-state index contributed by atoms with van der Waals surface area (Å²) in [7, 11) is 15.1. The number of likely N-dealkylation sites (N-methyl/N-ethyl adjacent to an activating group) is 1. The van der Waals surface area contributed by atoms with Gasteiger partial charge in [0.25, 0.3) is 0 Å². The zero-order valence-corrected chi connectivity index (χ0v) is 13.8. The monoisotopic (exact) mass is 298 g/mol. The third-order valence-corrected chi connectivity index (χ3v) is 2.31. The van der Waals surface area contributed by atoms with Gasteiger partial charge in [-0.15, -0.1) is 0 Å². The molecule has 4 radical (unpaired) electrons. The molecular weight excluding hydrogens is 280 g/mol. The normalized spacial score (nSPS) is 12.7. The number of quaternary nitrogens is 2. The van der Waals surface area contributed by atoms with Gasteiger partial charge in [-0.25, -0.2) is 0 Å². The molecule has 2 unspecified atom stereocenters. The van der Waals surface area contributed by atoms with Crippen molar-refractivity contribution in [2.45, 2.75) is 19.4 Å². The van der Waals surface area contributed by atoms with Crippen molar-refractivity contribution in [2.24, 2.45) is 0 Å². The van der Waals surface area contributed by atoms with Gasteiger partial charge >= 0.3 is 43.8 Å². The van der Waals surface area contributed by atoms with Gasteiger partial charge in [0.05, 0.1) is 27.6 Å². The summed E-state index contributed by atoms with van der Waals surface area (Å²) in [6, 6.07) is -2.21. The largest absolute Gasteiger partial charge is 2.00 e. The number of carboxylic acids is 1. The third kappa shape index (κ3) is 6.78. The minimum atomic E-state index is -1.56. The second kappa shape index (κ2) is 8.28. The molecule has 0 saturated carbocycles. The Kier molecular flexibility index (Phi) is 10.5. The maximum absolute atomic E-state index is 11.9. The number of Topliss-reactive ketones (excluding diaryl/α,β-unsaturated/α-hetero) is 1. The molecule has 2 amide bonds. The fourth-order valence-electron chi connectivity index (χ4n) is 1.45. The average molecular weight is 298 g/mol. The quantitative estimate of drug-likeness (QED) is 0.464. The first-order valence-electron chi connectivity index (χ1n) is 4.93. The summed E-state index contributed by atoms with van der Waals surface area (Å²) >= 11 is 0. The van der Waals surface area contributed by atoms with E-state index in [1.807, 2.05) is 0 Å². The summed E-state index contributed by atoms with van der Waals surface area (Å²) in [5.74, 6) is -1.96. The Labute approximate surface area is 143 Å². The van der Waals surface area contributed by atoms with Crippen LogP contribution < -0.4 is 5.11 Å². The minimum Gasteiger partial charge on any atom is -0.870 e. The number of aliphatic carboxylic acids is 1. The smallest absolute Gasteiger partial charge is 0.870 e. The Bertz CT molecular complexity index is 349. The molecule has 0 aliphatic carbocycles. The third-order valence-electron chi connectivity index (χ3n) is 2.31. The maximum atomic E-state index is 11.9. The van der Waals surface area contributed by atoms with E-state index < -0.39 is 32.8 Å². The Hall–Kier alpha value is -0.0503. The minimum absolute atomic E-state index is 0. The van der Waals surface area contributed by atoms with E-state index in [2.05, 4.69) is 0 Å². The van der Waals surface area contributed by atoms with Crippen LogP contribution in [0.1, 0.15) is 13.3 Å². The number of hydrogen-bond donors (Lipinski definition) is 0. The van der Waals surface area contributed by atoms with Crippen molar-refractivity contribution in [2.75, 3.05) is 21.1 Å². The average Bonchev–Trinajstić information content (AvgIpc) is 2.10. The van der Waals surface area contributed by atoms with E-state index in [1.54, 1.807) is 0 Å². The van der Waals surface area contributed by atoms with E-state index in [0.717, 1.165) is 0 Å². The Morgan fingerprint density at radius 3 is 1.74 bits per heavy atom. The molecule has 0 bridgehead atoms. The van der Waals surface area contributed by atoms with Crippen LogP contribution in [-0.2, 0) is 9.59 Å². The molecule has 0 aliphatic heterocycles. The molecule has 0 heterocycles. The number of nitrogens with zero attached hydrogens (tertiary/aromatic N) is 2. The van der Waals surface area contributed by atoms with Crippen molar-refractivity contribution in [1.29, 1.82) is 0 Å². The number of carbonyl (C=O) groups is 3. The van der Waals surface area contributed by atoms with E-state index in [-0.39, 0.29) is 49.6 Å². The van der Waals surface area contributed by atoms with Gasteiger partial charge in [0.15, 0.2) is 0 Å². The predicted molar refractivity (Wildman–Crippen MR) is 64.1 cm³/mol. The van der Waals surface area contributed by atoms with Crippen LogP contribution in [0.2, 0.25) is 0 Å². The summed E-state index contributed by atoms with van der Waals surface area (Å²) in [5.41, 5.74) is 0. The van der Waals surface area contributed by atoms with Crippen LogP contribution >= 0.6 is 0 Å². The molecule has 1 N–H and O–H groups in total. The van der Waals surface area contributed by atoms with E-state index in [1.165, 1.54) is 28.1 Å². The topological polar surface area (TPSA) is 104 Å². The molecule has 0 aliphatic rings. The number of ketones is 1. The fraction of sp³-hybridized carbons (Fsp3) is 0.545. The first-order chi connectivity index (χ1) is 7.40. The zero-order chi connectivity index (χ0) is 14.0. The second-order valence-electron chi connectivity index (χ2n) is 4.71. The first-order valence-corrected chi connectivity index (χ1v) is 4.93. The van der Waals surface area contributed by atoms with Crippen LogP contribution in [0.4, 0.5) is 4.79 Å². The number of carboxylic acid groups (broad SMARTS) is 1. The molecule has 0 fully saturated rings. The molecule has 0 saturated heterocycles. The van der Waals surface area contributed by atoms with Gasteiger partial charge in [-0.1, -0.05) is 0 Å². The summed E-state index contributed by atoms with van der Waals surface area (Å²) < 4.78 is -1.68. The number of carbonyl (C=O) groups excluding carboxylic acids is 3. The van der Waals surface area contributed by atoms with E-state index in [0.29, 0.717) is 0 Å². The number of rotatable bonds is 4. The molecule has 19 heavy (non-hydrogen) atoms. The van der Waals surface area contributed by atoms with Crippen LogP contribution in [0.25, 0.3) is 0 Å². The number of amides is 2. The first kappa shape index (κ1) is 24.0. The van der Waals surface area contributed by atoms with Crippen LogP contribution in [0, 0.1) is 14.1 Å². The van der Waals surface area contributed by atoms with Crippen molar-refractivity contribution in [3.8, 4) is 0 Å². The van der Waals surface area contributed by atoms with Crippen molar-refractivity contribution in [3.63, 3.8) is 0 Å². The Morgan fingerprint density at radius 1 is 1.16 bits per heavy atom. The predicted octanol–water partition coefficient (Wildman–Crippen LogP) is -1.49. The molecule has 0 spiro atoms. The van der Waals surface area contributed by atoms with E-state index in [9.17, 15) is 19.5 Å². The zero-order valence-electron chi connectivity index (χ0n) is 11.6. The molecule has 0 aromatic rings. The van der Waals surface area contributed by atoms with Gasteiger partial charge in [-0.3, -0.25) is 4.79 Å². The molecule has 102 valence electrons. The molecule has 0 aromatic carbocycles. The maximum Gasteiger partial charge on any atom is 2.00 e. The van der Waals surface area contributed by atoms with Gasteiger partial charge < -0.3 is 15.4 Å². The summed E-state index contributed by atoms with van der Waals surface area (Å²) in [6.45, 7) is 1.21. The standard InChI is InChI=1S/C11H18N2O4.Ca.H2O/c1-8(14)7-9(10(15)16)13(5,6)11(17)12(2,3)4;;/h2,5,9H,7H2,1,3-4,6H3,(H,15,16);;1H2/q2*+2;/p-2. The van der Waals surface area contributed by atoms with Gasteiger partial charge in [-0.2, -0.15) is 13.8 Å². The van der Waals surface area contributed by atoms with Gasteiger partial charge in [0.2, 0.25) is 14.1 Å². The van der Waals surface area contributed by atoms with Crippen LogP contribution in [0.5, 0.6) is 0 Å². The van der Waals surface area contributed by atoms with E-state index >= 15 is 0 Å². The Morgan fingerprint density at radius 2 is 1.53 bits per heavy atom. The second-order valence-corrected chi connectivity index (χ2v) is 4.71. The molecule has 2 atom stereocenters. The number of urea groups is 1. The summed E-state index contributed by atoms with van der Waals surface area (Å²) in [4.78, 5) is 33.8. The van der Waals surface area contributed by atoms with Crippen LogP contribution in [-0.4, -0.2) is 97.1 Å².